The number of rotatable bonds is 4. The second-order valence-corrected chi connectivity index (χ2v) is 3.24. The molecule has 0 fully saturated rings. The topological polar surface area (TPSA) is 23.5 Å². The Morgan fingerprint density at radius 1 is 1.43 bits per heavy atom. The summed E-state index contributed by atoms with van der Waals surface area (Å²) < 4.78 is 0. The van der Waals surface area contributed by atoms with Gasteiger partial charge in [0.2, 0.25) is 0 Å². The lowest BCUT2D eigenvalue weighted by Crippen LogP contribution is -2.19. The molecule has 0 saturated heterocycles. The van der Waals surface area contributed by atoms with Crippen LogP contribution in [0.15, 0.2) is 36.5 Å². The Hall–Kier alpha value is -1.28. The predicted molar refractivity (Wildman–Crippen MR) is 60.4 cm³/mol. The van der Waals surface area contributed by atoms with Crippen LogP contribution in [0.3, 0.4) is 0 Å². The first-order chi connectivity index (χ1) is 6.77. The van der Waals surface area contributed by atoms with Crippen LogP contribution >= 0.6 is 0 Å². The molecule has 0 saturated carbocycles. The van der Waals surface area contributed by atoms with Crippen molar-refractivity contribution in [1.29, 1.82) is 0 Å². The average molecular weight is 191 g/mol. The Bertz CT molecular complexity index is 307. The summed E-state index contributed by atoms with van der Waals surface area (Å²) in [6.45, 7) is 4.84. The standard InChI is InChI=1S/C12H17NO/c1-3-7-13(8-9-14)12-6-4-5-11(2)10-12/h3-7,10,14H,8-9H2,1-2H3/b7-3-. The van der Waals surface area contributed by atoms with Crippen LogP contribution in [0.2, 0.25) is 0 Å². The molecule has 0 aromatic heterocycles. The van der Waals surface area contributed by atoms with Crippen molar-refractivity contribution in [1.82, 2.24) is 0 Å². The summed E-state index contributed by atoms with van der Waals surface area (Å²) in [4.78, 5) is 2.03. The molecule has 14 heavy (non-hydrogen) atoms. The molecule has 0 unspecified atom stereocenters. The highest BCUT2D eigenvalue weighted by Crippen LogP contribution is 2.15. The lowest BCUT2D eigenvalue weighted by Gasteiger charge is -2.19. The number of hydrogen-bond donors (Lipinski definition) is 1. The molecule has 0 aliphatic rings. The van der Waals surface area contributed by atoms with Gasteiger partial charge in [-0.3, -0.25) is 0 Å². The summed E-state index contributed by atoms with van der Waals surface area (Å²) in [5, 5.41) is 8.92. The van der Waals surface area contributed by atoms with Gasteiger partial charge in [0.25, 0.3) is 0 Å². The quantitative estimate of drug-likeness (QED) is 0.789. The second kappa shape index (κ2) is 5.45. The van der Waals surface area contributed by atoms with Crippen molar-refractivity contribution < 1.29 is 5.11 Å². The van der Waals surface area contributed by atoms with Crippen molar-refractivity contribution >= 4 is 5.69 Å². The molecule has 2 nitrogen and oxygen atoms in total. The lowest BCUT2D eigenvalue weighted by molar-refractivity contribution is 0.305. The van der Waals surface area contributed by atoms with Crippen LogP contribution in [0.1, 0.15) is 12.5 Å². The minimum atomic E-state index is 0.165. The van der Waals surface area contributed by atoms with E-state index in [1.54, 1.807) is 0 Å². The number of anilines is 1. The summed E-state index contributed by atoms with van der Waals surface area (Å²) in [6, 6.07) is 8.24. The molecular formula is C12H17NO. The maximum Gasteiger partial charge on any atom is 0.0610 e. The van der Waals surface area contributed by atoms with Crippen LogP contribution in [0.25, 0.3) is 0 Å². The zero-order valence-corrected chi connectivity index (χ0v) is 8.77. The minimum Gasteiger partial charge on any atom is -0.395 e. The largest absolute Gasteiger partial charge is 0.395 e. The van der Waals surface area contributed by atoms with Gasteiger partial charge in [0.05, 0.1) is 6.61 Å². The van der Waals surface area contributed by atoms with Crippen LogP contribution in [-0.2, 0) is 0 Å². The van der Waals surface area contributed by atoms with Crippen molar-refractivity contribution in [3.05, 3.63) is 42.1 Å². The number of allylic oxidation sites excluding steroid dienone is 1. The summed E-state index contributed by atoms with van der Waals surface area (Å²) in [6.07, 6.45) is 3.95. The Kier molecular flexibility index (Phi) is 4.20. The first-order valence-corrected chi connectivity index (χ1v) is 4.85. The fraction of sp³-hybridized carbons (Fsp3) is 0.333. The Morgan fingerprint density at radius 3 is 2.79 bits per heavy atom. The van der Waals surface area contributed by atoms with E-state index in [4.69, 9.17) is 5.11 Å². The molecule has 0 radical (unpaired) electrons. The molecule has 2 heteroatoms. The van der Waals surface area contributed by atoms with Crippen LogP contribution in [0.5, 0.6) is 0 Å². The molecule has 0 spiro atoms. The molecule has 0 heterocycles. The normalized spacial score (nSPS) is 10.8. The zero-order valence-electron chi connectivity index (χ0n) is 8.77. The van der Waals surface area contributed by atoms with Crippen molar-refractivity contribution in [3.8, 4) is 0 Å². The molecule has 0 aliphatic carbocycles. The van der Waals surface area contributed by atoms with Crippen LogP contribution in [0, 0.1) is 6.92 Å². The fourth-order valence-corrected chi connectivity index (χ4v) is 1.38. The minimum absolute atomic E-state index is 0.165. The second-order valence-electron chi connectivity index (χ2n) is 3.24. The molecule has 0 atom stereocenters. The van der Waals surface area contributed by atoms with Crippen LogP contribution < -0.4 is 4.90 Å². The van der Waals surface area contributed by atoms with Crippen molar-refractivity contribution in [3.63, 3.8) is 0 Å². The third-order valence-corrected chi connectivity index (χ3v) is 2.00. The Balaban J connectivity index is 2.86. The third kappa shape index (κ3) is 2.89. The van der Waals surface area contributed by atoms with Crippen LogP contribution in [-0.4, -0.2) is 18.3 Å². The van der Waals surface area contributed by atoms with Gasteiger partial charge in [0.1, 0.15) is 0 Å². The molecule has 0 amide bonds. The van der Waals surface area contributed by atoms with E-state index in [1.807, 2.05) is 36.2 Å². The Labute approximate surface area is 85.5 Å². The molecule has 1 N–H and O–H groups in total. The van der Waals surface area contributed by atoms with Crippen molar-refractivity contribution in [2.75, 3.05) is 18.1 Å². The number of benzene rings is 1. The lowest BCUT2D eigenvalue weighted by atomic mass is 10.2. The average Bonchev–Trinajstić information content (AvgIpc) is 2.17. The van der Waals surface area contributed by atoms with Crippen molar-refractivity contribution in [2.45, 2.75) is 13.8 Å². The van der Waals surface area contributed by atoms with Gasteiger partial charge in [0.15, 0.2) is 0 Å². The summed E-state index contributed by atoms with van der Waals surface area (Å²) in [7, 11) is 0. The van der Waals surface area contributed by atoms with Gasteiger partial charge in [-0.05, 0) is 37.7 Å². The summed E-state index contributed by atoms with van der Waals surface area (Å²) in [5.74, 6) is 0. The predicted octanol–water partition coefficient (Wildman–Crippen LogP) is 2.33. The number of aliphatic hydroxyl groups is 1. The highest BCUT2D eigenvalue weighted by Gasteiger charge is 2.00. The zero-order chi connectivity index (χ0) is 10.4. The van der Waals surface area contributed by atoms with Gasteiger partial charge in [-0.1, -0.05) is 18.2 Å². The van der Waals surface area contributed by atoms with Gasteiger partial charge in [0, 0.05) is 12.2 Å². The van der Waals surface area contributed by atoms with E-state index in [9.17, 15) is 0 Å². The Morgan fingerprint density at radius 2 is 2.21 bits per heavy atom. The first-order valence-electron chi connectivity index (χ1n) is 4.85. The number of nitrogens with zero attached hydrogens (tertiary/aromatic N) is 1. The molecule has 1 aromatic rings. The van der Waals surface area contributed by atoms with E-state index in [0.29, 0.717) is 6.54 Å². The van der Waals surface area contributed by atoms with E-state index in [0.717, 1.165) is 5.69 Å². The molecule has 0 bridgehead atoms. The van der Waals surface area contributed by atoms with E-state index < -0.39 is 0 Å². The van der Waals surface area contributed by atoms with E-state index in [2.05, 4.69) is 19.1 Å². The molecule has 0 aliphatic heterocycles. The first kappa shape index (κ1) is 10.8. The van der Waals surface area contributed by atoms with Gasteiger partial charge in [-0.25, -0.2) is 0 Å². The molecule has 1 rings (SSSR count). The molecule has 76 valence electrons. The van der Waals surface area contributed by atoms with E-state index in [-0.39, 0.29) is 6.61 Å². The smallest absolute Gasteiger partial charge is 0.0610 e. The summed E-state index contributed by atoms with van der Waals surface area (Å²) in [5.41, 5.74) is 2.35. The van der Waals surface area contributed by atoms with Gasteiger partial charge in [-0.2, -0.15) is 0 Å². The summed E-state index contributed by atoms with van der Waals surface area (Å²) >= 11 is 0. The van der Waals surface area contributed by atoms with Gasteiger partial charge >= 0.3 is 0 Å². The highest BCUT2D eigenvalue weighted by atomic mass is 16.3. The van der Waals surface area contributed by atoms with E-state index >= 15 is 0 Å². The maximum absolute atomic E-state index is 8.92. The van der Waals surface area contributed by atoms with Crippen LogP contribution in [0.4, 0.5) is 5.69 Å². The molecular weight excluding hydrogens is 174 g/mol. The SMILES string of the molecule is C/C=C\N(CCO)c1cccc(C)c1. The number of hydrogen-bond acceptors (Lipinski definition) is 2. The monoisotopic (exact) mass is 191 g/mol. The number of aryl methyl sites for hydroxylation is 1. The third-order valence-electron chi connectivity index (χ3n) is 2.00. The highest BCUT2D eigenvalue weighted by molar-refractivity contribution is 5.50. The number of aliphatic hydroxyl groups excluding tert-OH is 1. The maximum atomic E-state index is 8.92. The van der Waals surface area contributed by atoms with Gasteiger partial charge < -0.3 is 10.0 Å². The van der Waals surface area contributed by atoms with Gasteiger partial charge in [-0.15, -0.1) is 0 Å². The van der Waals surface area contributed by atoms with E-state index in [1.165, 1.54) is 5.56 Å². The molecule has 1 aromatic carbocycles. The fourth-order valence-electron chi connectivity index (χ4n) is 1.38. The van der Waals surface area contributed by atoms with Crippen molar-refractivity contribution in [2.24, 2.45) is 0 Å².